The number of alkyl halides is 3. The molecule has 1 fully saturated rings. The number of likely N-dealkylation sites (tertiary alicyclic amines) is 1. The molecule has 6 N–H and O–H groups in total. The molecule has 0 saturated carbocycles. The number of hydrogen-bond acceptors (Lipinski definition) is 7. The van der Waals surface area contributed by atoms with Gasteiger partial charge in [-0.25, -0.2) is 9.59 Å². The Kier molecular flexibility index (Phi) is 12.0. The standard InChI is InChI=1S/C23H33N5O3S.C2HF3O2/c1-3-27(4-2)12-13-31-18-7-5-6-16(14-18)20-15-19(21(32-20)26-23(25)30)22(29)28-10-8-17(24)9-11-28;3-2(4,5)1(6)7/h5-7,14-15,17H,3-4,8-13,24H2,1-2H3,(H3,25,26,30);(H,6,7). The summed E-state index contributed by atoms with van der Waals surface area (Å²) in [6.07, 6.45) is -3.54. The quantitative estimate of drug-likeness (QED) is 0.356. The van der Waals surface area contributed by atoms with Gasteiger partial charge in [-0.05, 0) is 49.7 Å². The normalized spacial score (nSPS) is 14.0. The smallest absolute Gasteiger partial charge is 0.490 e. The minimum absolute atomic E-state index is 0.116. The molecular formula is C25H34F3N5O5S. The summed E-state index contributed by atoms with van der Waals surface area (Å²) in [5.41, 5.74) is 12.7. The Morgan fingerprint density at radius 2 is 1.79 bits per heavy atom. The monoisotopic (exact) mass is 573 g/mol. The van der Waals surface area contributed by atoms with Gasteiger partial charge in [0.05, 0.1) is 5.56 Å². The van der Waals surface area contributed by atoms with Gasteiger partial charge >= 0.3 is 18.2 Å². The fourth-order valence-electron chi connectivity index (χ4n) is 3.74. The molecular weight excluding hydrogens is 539 g/mol. The maximum Gasteiger partial charge on any atom is 0.490 e. The number of anilines is 1. The second-order valence-corrected chi connectivity index (χ2v) is 9.73. The van der Waals surface area contributed by atoms with E-state index in [-0.39, 0.29) is 11.9 Å². The van der Waals surface area contributed by atoms with Crippen LogP contribution in [0.2, 0.25) is 0 Å². The van der Waals surface area contributed by atoms with Gasteiger partial charge in [0.25, 0.3) is 5.91 Å². The SMILES string of the molecule is CCN(CC)CCOc1cccc(-c2cc(C(=O)N3CCC(N)CC3)c(NC(N)=O)s2)c1.O=C(O)C(F)(F)F. The number of primary amides is 1. The van der Waals surface area contributed by atoms with Crippen molar-refractivity contribution in [3.05, 3.63) is 35.9 Å². The molecule has 10 nitrogen and oxygen atoms in total. The molecule has 1 aromatic heterocycles. The van der Waals surface area contributed by atoms with Crippen LogP contribution in [0, 0.1) is 0 Å². The molecule has 2 aromatic rings. The van der Waals surface area contributed by atoms with E-state index < -0.39 is 18.2 Å². The first-order valence-corrected chi connectivity index (χ1v) is 13.2. The van der Waals surface area contributed by atoms with Crippen LogP contribution in [0.5, 0.6) is 5.75 Å². The average Bonchev–Trinajstić information content (AvgIpc) is 3.30. The second kappa shape index (κ2) is 14.7. The van der Waals surface area contributed by atoms with Crippen LogP contribution < -0.4 is 21.5 Å². The van der Waals surface area contributed by atoms with Crippen LogP contribution in [0.3, 0.4) is 0 Å². The number of amides is 3. The summed E-state index contributed by atoms with van der Waals surface area (Å²) in [6.45, 7) is 8.93. The fourth-order valence-corrected chi connectivity index (χ4v) is 4.79. The Bertz CT molecular complexity index is 1120. The number of nitrogens with zero attached hydrogens (tertiary/aromatic N) is 2. The van der Waals surface area contributed by atoms with Crippen molar-refractivity contribution in [3.63, 3.8) is 0 Å². The van der Waals surface area contributed by atoms with Crippen molar-refractivity contribution in [3.8, 4) is 16.2 Å². The first-order chi connectivity index (χ1) is 18.3. The third-order valence-electron chi connectivity index (χ3n) is 5.96. The van der Waals surface area contributed by atoms with Crippen LogP contribution in [0.25, 0.3) is 10.4 Å². The van der Waals surface area contributed by atoms with E-state index in [9.17, 15) is 22.8 Å². The molecule has 0 atom stereocenters. The Morgan fingerprint density at radius 3 is 2.33 bits per heavy atom. The number of carboxylic acids is 1. The molecule has 0 unspecified atom stereocenters. The van der Waals surface area contributed by atoms with Crippen LogP contribution in [0.15, 0.2) is 30.3 Å². The van der Waals surface area contributed by atoms with E-state index >= 15 is 0 Å². The number of likely N-dealkylation sites (N-methyl/N-ethyl adjacent to an activating group) is 1. The minimum atomic E-state index is -5.08. The predicted octanol–water partition coefficient (Wildman–Crippen LogP) is 3.82. The van der Waals surface area contributed by atoms with Gasteiger partial charge in [0, 0.05) is 30.6 Å². The van der Waals surface area contributed by atoms with Gasteiger partial charge in [-0.2, -0.15) is 13.2 Å². The molecule has 0 aliphatic carbocycles. The molecule has 216 valence electrons. The van der Waals surface area contributed by atoms with Crippen molar-refractivity contribution in [2.45, 2.75) is 38.9 Å². The van der Waals surface area contributed by atoms with Crippen molar-refractivity contribution in [1.82, 2.24) is 9.80 Å². The van der Waals surface area contributed by atoms with E-state index in [0.29, 0.717) is 30.3 Å². The molecule has 14 heteroatoms. The number of rotatable bonds is 9. The van der Waals surface area contributed by atoms with Gasteiger partial charge in [-0.3, -0.25) is 10.1 Å². The maximum atomic E-state index is 13.2. The number of piperidine rings is 1. The van der Waals surface area contributed by atoms with E-state index in [1.807, 2.05) is 30.3 Å². The topological polar surface area (TPSA) is 151 Å². The molecule has 1 aromatic carbocycles. The zero-order chi connectivity index (χ0) is 29.2. The molecule has 2 heterocycles. The van der Waals surface area contributed by atoms with Crippen molar-refractivity contribution in [2.24, 2.45) is 11.5 Å². The number of aliphatic carboxylic acids is 1. The summed E-state index contributed by atoms with van der Waals surface area (Å²) in [6, 6.07) is 9.02. The number of carbonyl (C=O) groups excluding carboxylic acids is 2. The second-order valence-electron chi connectivity index (χ2n) is 8.68. The van der Waals surface area contributed by atoms with E-state index in [1.54, 1.807) is 4.90 Å². The highest BCUT2D eigenvalue weighted by atomic mass is 32.1. The summed E-state index contributed by atoms with van der Waals surface area (Å²) in [7, 11) is 0. The Hall–Kier alpha value is -3.36. The summed E-state index contributed by atoms with van der Waals surface area (Å²) < 4.78 is 37.7. The van der Waals surface area contributed by atoms with Crippen molar-refractivity contribution in [1.29, 1.82) is 0 Å². The molecule has 0 radical (unpaired) electrons. The van der Waals surface area contributed by atoms with Crippen molar-refractivity contribution < 1.29 is 37.4 Å². The van der Waals surface area contributed by atoms with Gasteiger partial charge in [0.1, 0.15) is 17.4 Å². The maximum absolute atomic E-state index is 13.2. The van der Waals surface area contributed by atoms with Gasteiger partial charge in [-0.15, -0.1) is 11.3 Å². The highest BCUT2D eigenvalue weighted by Crippen LogP contribution is 2.37. The van der Waals surface area contributed by atoms with Crippen LogP contribution in [0.4, 0.5) is 23.0 Å². The molecule has 0 bridgehead atoms. The van der Waals surface area contributed by atoms with Crippen LogP contribution in [-0.4, -0.2) is 84.4 Å². The van der Waals surface area contributed by atoms with E-state index in [2.05, 4.69) is 24.1 Å². The number of carboxylic acid groups (broad SMARTS) is 1. The molecule has 1 aliphatic rings. The molecule has 0 spiro atoms. The highest BCUT2D eigenvalue weighted by molar-refractivity contribution is 7.20. The Balaban J connectivity index is 0.000000673. The number of ether oxygens (including phenoxy) is 1. The number of nitrogens with two attached hydrogens (primary N) is 2. The van der Waals surface area contributed by atoms with Gasteiger partial charge in [0.15, 0.2) is 0 Å². The zero-order valence-electron chi connectivity index (χ0n) is 21.8. The number of nitrogens with one attached hydrogen (secondary N) is 1. The lowest BCUT2D eigenvalue weighted by molar-refractivity contribution is -0.192. The third kappa shape index (κ3) is 10.0. The van der Waals surface area contributed by atoms with Crippen molar-refractivity contribution in [2.75, 3.05) is 44.6 Å². The number of hydrogen-bond donors (Lipinski definition) is 4. The Morgan fingerprint density at radius 1 is 1.18 bits per heavy atom. The molecule has 3 rings (SSSR count). The number of halogens is 3. The predicted molar refractivity (Wildman–Crippen MR) is 143 cm³/mol. The highest BCUT2D eigenvalue weighted by Gasteiger charge is 2.38. The van der Waals surface area contributed by atoms with Crippen molar-refractivity contribution >= 4 is 34.2 Å². The molecule has 3 amide bonds. The number of carbonyl (C=O) groups is 3. The van der Waals surface area contributed by atoms with E-state index in [4.69, 9.17) is 26.1 Å². The number of thiophene rings is 1. The van der Waals surface area contributed by atoms with Crippen LogP contribution in [0.1, 0.15) is 37.0 Å². The van der Waals surface area contributed by atoms with Gasteiger partial charge < -0.3 is 31.1 Å². The van der Waals surface area contributed by atoms with Gasteiger partial charge in [0.2, 0.25) is 0 Å². The lowest BCUT2D eigenvalue weighted by atomic mass is 10.1. The molecule has 1 saturated heterocycles. The third-order valence-corrected chi connectivity index (χ3v) is 7.06. The fraction of sp³-hybridized carbons (Fsp3) is 0.480. The zero-order valence-corrected chi connectivity index (χ0v) is 22.6. The number of urea groups is 1. The van der Waals surface area contributed by atoms with E-state index in [0.717, 1.165) is 48.7 Å². The Labute approximate surface area is 228 Å². The average molecular weight is 574 g/mol. The molecule has 1 aliphatic heterocycles. The lowest BCUT2D eigenvalue weighted by Gasteiger charge is -2.30. The van der Waals surface area contributed by atoms with Gasteiger partial charge in [-0.1, -0.05) is 26.0 Å². The van der Waals surface area contributed by atoms with E-state index in [1.165, 1.54) is 11.3 Å². The lowest BCUT2D eigenvalue weighted by Crippen LogP contribution is -2.43. The summed E-state index contributed by atoms with van der Waals surface area (Å²) >= 11 is 1.33. The summed E-state index contributed by atoms with van der Waals surface area (Å²) in [5.74, 6) is -2.10. The largest absolute Gasteiger partial charge is 0.492 e. The summed E-state index contributed by atoms with van der Waals surface area (Å²) in [5, 5.41) is 10.2. The summed E-state index contributed by atoms with van der Waals surface area (Å²) in [4.78, 5) is 38.5. The minimum Gasteiger partial charge on any atom is -0.492 e. The first-order valence-electron chi connectivity index (χ1n) is 12.4. The number of benzene rings is 1. The molecule has 39 heavy (non-hydrogen) atoms. The van der Waals surface area contributed by atoms with Crippen LogP contribution in [-0.2, 0) is 4.79 Å². The first kappa shape index (κ1) is 31.9. The van der Waals surface area contributed by atoms with Crippen LogP contribution >= 0.6 is 11.3 Å².